The zero-order chi connectivity index (χ0) is 20.3. The van der Waals surface area contributed by atoms with Gasteiger partial charge >= 0.3 is 11.7 Å². The van der Waals surface area contributed by atoms with E-state index in [0.717, 1.165) is 18.2 Å². The molecular formula is C16H11F4NO5S. The molecule has 27 heavy (non-hydrogen) atoms. The van der Waals surface area contributed by atoms with E-state index in [0.29, 0.717) is 11.8 Å². The van der Waals surface area contributed by atoms with Crippen molar-refractivity contribution in [2.24, 2.45) is 0 Å². The van der Waals surface area contributed by atoms with Gasteiger partial charge < -0.3 is 9.47 Å². The summed E-state index contributed by atoms with van der Waals surface area (Å²) in [6.45, 7) is 1.54. The molecule has 0 saturated carbocycles. The number of hydrogen-bond acceptors (Lipinski definition) is 6. The standard InChI is InChI=1S/C16H11F4NO5S/c1-3-25-16(22)7-4-5-9(8(6-7)21(23)24)26-14-10(17)12(19)15(27-2)13(20)11(14)18/h4-6H,3H2,1-2H3. The fourth-order valence-electron chi connectivity index (χ4n) is 2.06. The monoisotopic (exact) mass is 405 g/mol. The van der Waals surface area contributed by atoms with Crippen LogP contribution in [0.25, 0.3) is 0 Å². The molecule has 0 aliphatic heterocycles. The van der Waals surface area contributed by atoms with Gasteiger partial charge in [0.2, 0.25) is 23.1 Å². The van der Waals surface area contributed by atoms with E-state index in [-0.39, 0.29) is 12.2 Å². The topological polar surface area (TPSA) is 78.7 Å². The van der Waals surface area contributed by atoms with Gasteiger partial charge in [-0.15, -0.1) is 11.8 Å². The molecule has 0 atom stereocenters. The summed E-state index contributed by atoms with van der Waals surface area (Å²) in [5.41, 5.74) is -1.07. The van der Waals surface area contributed by atoms with Crippen LogP contribution >= 0.6 is 11.8 Å². The van der Waals surface area contributed by atoms with Gasteiger partial charge in [0.1, 0.15) is 0 Å². The first kappa shape index (κ1) is 20.5. The van der Waals surface area contributed by atoms with Crippen LogP contribution in [0.15, 0.2) is 23.1 Å². The summed E-state index contributed by atoms with van der Waals surface area (Å²) in [4.78, 5) is 20.9. The second kappa shape index (κ2) is 8.25. The Kier molecular flexibility index (Phi) is 6.26. The minimum atomic E-state index is -1.85. The highest BCUT2D eigenvalue weighted by Gasteiger charge is 2.29. The molecule has 2 aromatic carbocycles. The number of thioether (sulfide) groups is 1. The Morgan fingerprint density at radius 1 is 1.15 bits per heavy atom. The number of nitro benzene ring substituents is 1. The van der Waals surface area contributed by atoms with Crippen molar-refractivity contribution in [2.45, 2.75) is 11.8 Å². The first-order valence-electron chi connectivity index (χ1n) is 7.26. The van der Waals surface area contributed by atoms with E-state index in [9.17, 15) is 32.5 Å². The normalized spacial score (nSPS) is 10.6. The maximum absolute atomic E-state index is 14.1. The highest BCUT2D eigenvalue weighted by Crippen LogP contribution is 2.39. The summed E-state index contributed by atoms with van der Waals surface area (Å²) in [7, 11) is 0. The molecule has 0 aliphatic rings. The lowest BCUT2D eigenvalue weighted by atomic mass is 10.2. The van der Waals surface area contributed by atoms with E-state index in [4.69, 9.17) is 9.47 Å². The molecule has 11 heteroatoms. The molecular weight excluding hydrogens is 394 g/mol. The molecule has 2 rings (SSSR count). The van der Waals surface area contributed by atoms with Crippen molar-refractivity contribution in [3.8, 4) is 11.5 Å². The minimum Gasteiger partial charge on any atom is -0.462 e. The van der Waals surface area contributed by atoms with Gasteiger partial charge in [0.25, 0.3) is 0 Å². The van der Waals surface area contributed by atoms with Gasteiger partial charge in [-0.3, -0.25) is 10.1 Å². The summed E-state index contributed by atoms with van der Waals surface area (Å²) in [5.74, 6) is -10.1. The molecule has 0 saturated heterocycles. The van der Waals surface area contributed by atoms with Gasteiger partial charge in [-0.25, -0.2) is 13.6 Å². The Hall–Kier alpha value is -2.82. The van der Waals surface area contributed by atoms with Crippen molar-refractivity contribution in [3.05, 3.63) is 57.1 Å². The van der Waals surface area contributed by atoms with Crippen LogP contribution in [-0.2, 0) is 4.74 Å². The van der Waals surface area contributed by atoms with Crippen molar-refractivity contribution in [2.75, 3.05) is 12.9 Å². The van der Waals surface area contributed by atoms with E-state index < -0.39 is 56.2 Å². The predicted molar refractivity (Wildman–Crippen MR) is 87.2 cm³/mol. The number of ether oxygens (including phenoxy) is 2. The summed E-state index contributed by atoms with van der Waals surface area (Å²) >= 11 is 0.438. The van der Waals surface area contributed by atoms with Crippen LogP contribution in [-0.4, -0.2) is 23.8 Å². The van der Waals surface area contributed by atoms with Gasteiger partial charge in [0.15, 0.2) is 11.6 Å². The quantitative estimate of drug-likeness (QED) is 0.171. The third-order valence-corrected chi connectivity index (χ3v) is 4.03. The van der Waals surface area contributed by atoms with Crippen LogP contribution in [0.2, 0.25) is 0 Å². The summed E-state index contributed by atoms with van der Waals surface area (Å²) in [5, 5.41) is 11.2. The molecule has 0 N–H and O–H groups in total. The number of hydrogen-bond donors (Lipinski definition) is 0. The van der Waals surface area contributed by atoms with E-state index in [1.165, 1.54) is 13.2 Å². The number of benzene rings is 2. The molecule has 0 aliphatic carbocycles. The first-order valence-corrected chi connectivity index (χ1v) is 8.48. The third kappa shape index (κ3) is 3.97. The second-order valence-corrected chi connectivity index (χ2v) is 5.70. The van der Waals surface area contributed by atoms with E-state index in [2.05, 4.69) is 0 Å². The van der Waals surface area contributed by atoms with Crippen LogP contribution < -0.4 is 4.74 Å². The first-order chi connectivity index (χ1) is 12.7. The Morgan fingerprint density at radius 2 is 1.74 bits per heavy atom. The van der Waals surface area contributed by atoms with E-state index in [1.54, 1.807) is 0 Å². The van der Waals surface area contributed by atoms with Crippen molar-refractivity contribution >= 4 is 23.4 Å². The molecule has 0 heterocycles. The number of carbonyl (C=O) groups is 1. The molecule has 2 aromatic rings. The van der Waals surface area contributed by atoms with Crippen molar-refractivity contribution in [1.29, 1.82) is 0 Å². The van der Waals surface area contributed by atoms with Gasteiger partial charge in [0.05, 0.1) is 22.0 Å². The van der Waals surface area contributed by atoms with E-state index >= 15 is 0 Å². The van der Waals surface area contributed by atoms with Crippen LogP contribution in [0.3, 0.4) is 0 Å². The Bertz CT molecular complexity index is 893. The summed E-state index contributed by atoms with van der Waals surface area (Å²) in [6.07, 6.45) is 1.21. The fraction of sp³-hybridized carbons (Fsp3) is 0.188. The average molecular weight is 405 g/mol. The Morgan fingerprint density at radius 3 is 2.22 bits per heavy atom. The molecule has 0 radical (unpaired) electrons. The average Bonchev–Trinajstić information content (AvgIpc) is 2.64. The summed E-state index contributed by atoms with van der Waals surface area (Å²) < 4.78 is 65.2. The predicted octanol–water partition coefficient (Wildman–Crippen LogP) is 4.84. The van der Waals surface area contributed by atoms with E-state index in [1.807, 2.05) is 0 Å². The highest BCUT2D eigenvalue weighted by molar-refractivity contribution is 7.98. The number of nitro groups is 1. The molecule has 6 nitrogen and oxygen atoms in total. The second-order valence-electron chi connectivity index (χ2n) is 4.88. The molecule has 0 unspecified atom stereocenters. The van der Waals surface area contributed by atoms with Crippen molar-refractivity contribution in [3.63, 3.8) is 0 Å². The van der Waals surface area contributed by atoms with Gasteiger partial charge in [-0.1, -0.05) is 0 Å². The lowest BCUT2D eigenvalue weighted by Gasteiger charge is -2.12. The van der Waals surface area contributed by atoms with Crippen LogP contribution in [0.5, 0.6) is 11.5 Å². The van der Waals surface area contributed by atoms with Crippen molar-refractivity contribution in [1.82, 2.24) is 0 Å². The van der Waals surface area contributed by atoms with Crippen LogP contribution in [0.4, 0.5) is 23.2 Å². The largest absolute Gasteiger partial charge is 0.462 e. The van der Waals surface area contributed by atoms with Crippen LogP contribution in [0.1, 0.15) is 17.3 Å². The zero-order valence-electron chi connectivity index (χ0n) is 13.8. The number of halogens is 4. The number of nitrogens with zero attached hydrogens (tertiary/aromatic N) is 1. The number of rotatable bonds is 6. The molecule has 0 bridgehead atoms. The lowest BCUT2D eigenvalue weighted by molar-refractivity contribution is -0.385. The molecule has 0 spiro atoms. The minimum absolute atomic E-state index is 0.0155. The van der Waals surface area contributed by atoms with Gasteiger partial charge in [-0.05, 0) is 25.3 Å². The number of carbonyl (C=O) groups excluding carboxylic acids is 1. The number of esters is 1. The Balaban J connectivity index is 2.55. The summed E-state index contributed by atoms with van der Waals surface area (Å²) in [6, 6.07) is 2.66. The lowest BCUT2D eigenvalue weighted by Crippen LogP contribution is -2.07. The smallest absolute Gasteiger partial charge is 0.338 e. The van der Waals surface area contributed by atoms with Crippen molar-refractivity contribution < 1.29 is 36.8 Å². The zero-order valence-corrected chi connectivity index (χ0v) is 14.7. The molecule has 0 aromatic heterocycles. The van der Waals surface area contributed by atoms with Gasteiger partial charge in [-0.2, -0.15) is 8.78 Å². The third-order valence-electron chi connectivity index (χ3n) is 3.27. The van der Waals surface area contributed by atoms with Gasteiger partial charge in [0, 0.05) is 6.07 Å². The molecule has 144 valence electrons. The fourth-order valence-corrected chi connectivity index (χ4v) is 2.60. The maximum Gasteiger partial charge on any atom is 0.338 e. The maximum atomic E-state index is 14.1. The SMILES string of the molecule is CCOC(=O)c1ccc(Oc2c(F)c(F)c(SC)c(F)c2F)c([N+](=O)[O-])c1. The van der Waals surface area contributed by atoms with Crippen LogP contribution in [0, 0.1) is 33.4 Å². The Labute approximate surface area is 154 Å². The molecule has 0 amide bonds. The molecule has 0 fully saturated rings. The highest BCUT2D eigenvalue weighted by atomic mass is 32.2.